The lowest BCUT2D eigenvalue weighted by Gasteiger charge is -2.14. The van der Waals surface area contributed by atoms with Gasteiger partial charge in [-0.05, 0) is 50.9 Å². The van der Waals surface area contributed by atoms with Crippen LogP contribution in [0.3, 0.4) is 0 Å². The van der Waals surface area contributed by atoms with Crippen molar-refractivity contribution in [1.29, 1.82) is 0 Å². The number of unbranched alkanes of at least 4 members (excludes halogenated alkanes) is 7. The van der Waals surface area contributed by atoms with Crippen LogP contribution in [0.2, 0.25) is 0 Å². The van der Waals surface area contributed by atoms with Crippen molar-refractivity contribution in [3.63, 3.8) is 0 Å². The zero-order valence-electron chi connectivity index (χ0n) is 16.3. The molecule has 0 aromatic heterocycles. The molecular weight excluding hydrogens is 296 g/mol. The van der Waals surface area contributed by atoms with Gasteiger partial charge >= 0.3 is 5.97 Å². The third-order valence-corrected chi connectivity index (χ3v) is 4.36. The number of hydrogen-bond acceptors (Lipinski definition) is 1. The number of hydrogen-bond donors (Lipinski definition) is 1. The lowest BCUT2D eigenvalue weighted by atomic mass is 9.92. The quantitative estimate of drug-likeness (QED) is 0.240. The molecule has 0 amide bonds. The zero-order chi connectivity index (χ0) is 18.0. The van der Waals surface area contributed by atoms with Crippen LogP contribution < -0.4 is 0 Å². The van der Waals surface area contributed by atoms with E-state index in [2.05, 4.69) is 45.1 Å². The number of carboxylic acid groups (broad SMARTS) is 1. The number of carbonyl (C=O) groups is 1. The monoisotopic (exact) mass is 336 g/mol. The number of rotatable bonds is 16. The van der Waals surface area contributed by atoms with Crippen molar-refractivity contribution in [2.75, 3.05) is 0 Å². The summed E-state index contributed by atoms with van der Waals surface area (Å²) in [4.78, 5) is 11.2. The molecular formula is C22H40O2. The number of allylic oxidation sites excluding steroid dienone is 4. The summed E-state index contributed by atoms with van der Waals surface area (Å²) < 4.78 is 0. The van der Waals surface area contributed by atoms with Crippen LogP contribution in [-0.4, -0.2) is 11.1 Å². The van der Waals surface area contributed by atoms with Crippen molar-refractivity contribution in [2.45, 2.75) is 97.8 Å². The second kappa shape index (κ2) is 16.8. The maximum absolute atomic E-state index is 11.2. The van der Waals surface area contributed by atoms with Crippen molar-refractivity contribution in [3.8, 4) is 0 Å². The summed E-state index contributed by atoms with van der Waals surface area (Å²) in [5.74, 6) is -0.291. The molecule has 1 unspecified atom stereocenters. The van der Waals surface area contributed by atoms with Gasteiger partial charge in [0.05, 0.1) is 5.92 Å². The lowest BCUT2D eigenvalue weighted by molar-refractivity contribution is -0.142. The van der Waals surface area contributed by atoms with Crippen molar-refractivity contribution in [3.05, 3.63) is 24.3 Å². The first kappa shape index (κ1) is 22.9. The molecule has 0 saturated heterocycles. The minimum absolute atomic E-state index is 0.144. The molecule has 0 aromatic carbocycles. The molecule has 0 aliphatic rings. The predicted octanol–water partition coefficient (Wildman–Crippen LogP) is 7.16. The van der Waals surface area contributed by atoms with Crippen molar-refractivity contribution in [1.82, 2.24) is 0 Å². The Hall–Kier alpha value is -1.05. The highest BCUT2D eigenvalue weighted by atomic mass is 16.4. The van der Waals surface area contributed by atoms with Crippen LogP contribution in [0.5, 0.6) is 0 Å². The largest absolute Gasteiger partial charge is 0.481 e. The van der Waals surface area contributed by atoms with E-state index in [-0.39, 0.29) is 5.92 Å². The van der Waals surface area contributed by atoms with E-state index in [1.807, 2.05) is 0 Å². The Morgan fingerprint density at radius 1 is 0.875 bits per heavy atom. The molecule has 0 heterocycles. The normalized spacial score (nSPS) is 13.3. The van der Waals surface area contributed by atoms with Gasteiger partial charge in [-0.2, -0.15) is 0 Å². The predicted molar refractivity (Wildman–Crippen MR) is 105 cm³/mol. The van der Waals surface area contributed by atoms with E-state index in [9.17, 15) is 9.90 Å². The fraction of sp³-hybridized carbons (Fsp3) is 0.773. The highest BCUT2D eigenvalue weighted by molar-refractivity contribution is 5.69. The molecule has 24 heavy (non-hydrogen) atoms. The third kappa shape index (κ3) is 15.8. The minimum Gasteiger partial charge on any atom is -0.481 e. The summed E-state index contributed by atoms with van der Waals surface area (Å²) in [5.41, 5.74) is 0. The Bertz CT molecular complexity index is 342. The van der Waals surface area contributed by atoms with Gasteiger partial charge in [0.2, 0.25) is 0 Å². The first-order valence-electron chi connectivity index (χ1n) is 10.1. The Kier molecular flexibility index (Phi) is 16.1. The van der Waals surface area contributed by atoms with Gasteiger partial charge in [-0.1, -0.05) is 77.2 Å². The molecule has 2 nitrogen and oxygen atoms in total. The second-order valence-electron chi connectivity index (χ2n) is 7.33. The average Bonchev–Trinajstić information content (AvgIpc) is 2.53. The molecule has 0 saturated carbocycles. The third-order valence-electron chi connectivity index (χ3n) is 4.36. The molecule has 1 N–H and O–H groups in total. The summed E-state index contributed by atoms with van der Waals surface area (Å²) >= 11 is 0. The van der Waals surface area contributed by atoms with Crippen LogP contribution >= 0.6 is 0 Å². The Labute approximate surface area is 150 Å². The van der Waals surface area contributed by atoms with Gasteiger partial charge in [-0.3, -0.25) is 4.79 Å². The van der Waals surface area contributed by atoms with E-state index >= 15 is 0 Å². The molecule has 1 atom stereocenters. The van der Waals surface area contributed by atoms with Crippen molar-refractivity contribution >= 4 is 5.97 Å². The Morgan fingerprint density at radius 3 is 2.00 bits per heavy atom. The van der Waals surface area contributed by atoms with E-state index in [1.165, 1.54) is 38.5 Å². The molecule has 2 heteroatoms. The highest BCUT2D eigenvalue weighted by Gasteiger charge is 2.17. The SMILES string of the molecule is CCCCCC=CCC=CCCCCCCC(CC(C)C)C(=O)O. The van der Waals surface area contributed by atoms with E-state index in [0.29, 0.717) is 5.92 Å². The fourth-order valence-corrected chi connectivity index (χ4v) is 2.94. The van der Waals surface area contributed by atoms with E-state index in [0.717, 1.165) is 38.5 Å². The number of aliphatic carboxylic acids is 1. The summed E-state index contributed by atoms with van der Waals surface area (Å²) in [7, 11) is 0. The summed E-state index contributed by atoms with van der Waals surface area (Å²) in [6.07, 6.45) is 22.8. The highest BCUT2D eigenvalue weighted by Crippen LogP contribution is 2.19. The molecule has 0 radical (unpaired) electrons. The topological polar surface area (TPSA) is 37.3 Å². The van der Waals surface area contributed by atoms with Crippen LogP contribution in [0.25, 0.3) is 0 Å². The van der Waals surface area contributed by atoms with Crippen LogP contribution in [0.15, 0.2) is 24.3 Å². The first-order chi connectivity index (χ1) is 11.6. The van der Waals surface area contributed by atoms with Gasteiger partial charge < -0.3 is 5.11 Å². The Balaban J connectivity index is 3.49. The molecule has 140 valence electrons. The van der Waals surface area contributed by atoms with Gasteiger partial charge in [0.15, 0.2) is 0 Å². The molecule has 0 bridgehead atoms. The molecule has 0 spiro atoms. The van der Waals surface area contributed by atoms with Gasteiger partial charge in [-0.25, -0.2) is 0 Å². The summed E-state index contributed by atoms with van der Waals surface area (Å²) in [5, 5.41) is 9.21. The average molecular weight is 337 g/mol. The molecule has 0 rings (SSSR count). The standard InChI is InChI=1S/C22H40O2/c1-4-5-6-7-8-9-10-11-12-13-14-15-16-17-18-21(22(23)24)19-20(2)3/h8-9,11-12,20-21H,4-7,10,13-19H2,1-3H3,(H,23,24). The number of carboxylic acids is 1. The smallest absolute Gasteiger partial charge is 0.306 e. The molecule has 0 aliphatic heterocycles. The van der Waals surface area contributed by atoms with Gasteiger partial charge in [0.25, 0.3) is 0 Å². The van der Waals surface area contributed by atoms with Crippen molar-refractivity contribution in [2.24, 2.45) is 11.8 Å². The minimum atomic E-state index is -0.616. The lowest BCUT2D eigenvalue weighted by Crippen LogP contribution is -2.15. The van der Waals surface area contributed by atoms with Crippen molar-refractivity contribution < 1.29 is 9.90 Å². The van der Waals surface area contributed by atoms with E-state index in [1.54, 1.807) is 0 Å². The van der Waals surface area contributed by atoms with Crippen LogP contribution in [0.1, 0.15) is 97.8 Å². The summed E-state index contributed by atoms with van der Waals surface area (Å²) in [6.45, 7) is 6.44. The molecule has 0 fully saturated rings. The maximum atomic E-state index is 11.2. The Morgan fingerprint density at radius 2 is 1.46 bits per heavy atom. The van der Waals surface area contributed by atoms with Crippen LogP contribution in [0.4, 0.5) is 0 Å². The van der Waals surface area contributed by atoms with Crippen LogP contribution in [-0.2, 0) is 4.79 Å². The van der Waals surface area contributed by atoms with Gasteiger partial charge in [0, 0.05) is 0 Å². The zero-order valence-corrected chi connectivity index (χ0v) is 16.3. The first-order valence-corrected chi connectivity index (χ1v) is 10.1. The summed E-state index contributed by atoms with van der Waals surface area (Å²) in [6, 6.07) is 0. The molecule has 0 aliphatic carbocycles. The second-order valence-corrected chi connectivity index (χ2v) is 7.33. The van der Waals surface area contributed by atoms with E-state index < -0.39 is 5.97 Å². The van der Waals surface area contributed by atoms with Gasteiger partial charge in [0.1, 0.15) is 0 Å². The fourth-order valence-electron chi connectivity index (χ4n) is 2.94. The van der Waals surface area contributed by atoms with Gasteiger partial charge in [-0.15, -0.1) is 0 Å². The van der Waals surface area contributed by atoms with E-state index in [4.69, 9.17) is 0 Å². The van der Waals surface area contributed by atoms with Crippen LogP contribution in [0, 0.1) is 11.8 Å². The molecule has 0 aromatic rings. The maximum Gasteiger partial charge on any atom is 0.306 e.